The van der Waals surface area contributed by atoms with Crippen LogP contribution in [-0.4, -0.2) is 15.9 Å². The van der Waals surface area contributed by atoms with E-state index in [4.69, 9.17) is 9.40 Å². The summed E-state index contributed by atoms with van der Waals surface area (Å²) in [4.78, 5) is 18.2. The second-order valence-corrected chi connectivity index (χ2v) is 16.5. The topological polar surface area (TPSA) is 63.3 Å². The summed E-state index contributed by atoms with van der Waals surface area (Å²) < 4.78 is 7.93. The summed E-state index contributed by atoms with van der Waals surface area (Å²) in [6.45, 7) is 23.2. The quantitative estimate of drug-likeness (QED) is 0.0892. The molecule has 3 heterocycles. The van der Waals surface area contributed by atoms with Gasteiger partial charge in [-0.25, -0.2) is 0 Å². The van der Waals surface area contributed by atoms with Gasteiger partial charge in [0.2, 0.25) is 0 Å². The van der Waals surface area contributed by atoms with Crippen LogP contribution in [0.2, 0.25) is 0 Å². The number of furan rings is 1. The van der Waals surface area contributed by atoms with Gasteiger partial charge >= 0.3 is 0 Å². The number of pyridine rings is 1. The van der Waals surface area contributed by atoms with Gasteiger partial charge in [0.25, 0.3) is 0 Å². The summed E-state index contributed by atoms with van der Waals surface area (Å²) in [6.07, 6.45) is 6.64. The molecule has 0 bridgehead atoms. The number of hydrogen-bond donors (Lipinski definition) is 1. The molecule has 1 radical (unpaired) electrons. The first-order valence-corrected chi connectivity index (χ1v) is 19.2. The number of rotatable bonds is 9. The van der Waals surface area contributed by atoms with Crippen molar-refractivity contribution in [2.45, 2.75) is 107 Å². The molecule has 0 unspecified atom stereocenters. The van der Waals surface area contributed by atoms with E-state index in [0.29, 0.717) is 0 Å². The summed E-state index contributed by atoms with van der Waals surface area (Å²) in [5.41, 5.74) is 5.77. The van der Waals surface area contributed by atoms with Gasteiger partial charge in [0.15, 0.2) is 5.78 Å². The molecule has 6 aromatic rings. The number of thiophene rings is 1. The van der Waals surface area contributed by atoms with Crippen LogP contribution >= 0.6 is 11.3 Å². The predicted molar refractivity (Wildman–Crippen MR) is 218 cm³/mol. The first kappa shape index (κ1) is 41.2. The van der Waals surface area contributed by atoms with Crippen LogP contribution in [0.15, 0.2) is 83.1 Å². The molecule has 0 aliphatic carbocycles. The summed E-state index contributed by atoms with van der Waals surface area (Å²) in [6, 6.07) is 25.0. The molecule has 6 rings (SSSR count). The molecule has 0 saturated carbocycles. The van der Waals surface area contributed by atoms with E-state index in [1.54, 1.807) is 11.3 Å². The van der Waals surface area contributed by atoms with E-state index in [1.807, 2.05) is 47.7 Å². The predicted octanol–water partition coefficient (Wildman–Crippen LogP) is 13.9. The molecular weight excluding hydrogens is 839 g/mol. The van der Waals surface area contributed by atoms with E-state index in [1.165, 1.54) is 37.6 Å². The van der Waals surface area contributed by atoms with Crippen LogP contribution in [0.25, 0.3) is 53.7 Å². The van der Waals surface area contributed by atoms with Gasteiger partial charge in [-0.2, -0.15) is 0 Å². The maximum absolute atomic E-state index is 12.2. The van der Waals surface area contributed by atoms with Crippen molar-refractivity contribution in [1.29, 1.82) is 0 Å². The molecule has 0 saturated heterocycles. The number of hydrogen-bond acceptors (Lipinski definition) is 5. The molecule has 3 aromatic carbocycles. The molecule has 0 fully saturated rings. The summed E-state index contributed by atoms with van der Waals surface area (Å²) in [7, 11) is 0. The Morgan fingerprint density at radius 2 is 1.42 bits per heavy atom. The molecular formula is C46H54IrNO3S-. The van der Waals surface area contributed by atoms with Crippen LogP contribution in [0.3, 0.4) is 0 Å². The van der Waals surface area contributed by atoms with Crippen molar-refractivity contribution in [3.63, 3.8) is 0 Å². The maximum atomic E-state index is 12.2. The number of benzene rings is 3. The first-order valence-electron chi connectivity index (χ1n) is 18.4. The number of aryl methyl sites for hydroxylation is 2. The van der Waals surface area contributed by atoms with Gasteiger partial charge in [-0.1, -0.05) is 110 Å². The third-order valence-electron chi connectivity index (χ3n) is 11.3. The normalized spacial score (nSPS) is 12.6. The van der Waals surface area contributed by atoms with Crippen molar-refractivity contribution in [2.75, 3.05) is 0 Å². The molecule has 0 aliphatic rings. The molecule has 277 valence electrons. The van der Waals surface area contributed by atoms with Crippen molar-refractivity contribution < 1.29 is 34.4 Å². The Kier molecular flexibility index (Phi) is 12.8. The fraction of sp³-hybridized carbons (Fsp3) is 0.391. The average molecular weight is 893 g/mol. The van der Waals surface area contributed by atoms with Crippen molar-refractivity contribution in [3.05, 3.63) is 101 Å². The van der Waals surface area contributed by atoms with Crippen LogP contribution in [0.4, 0.5) is 0 Å². The third kappa shape index (κ3) is 7.86. The number of aromatic nitrogens is 1. The van der Waals surface area contributed by atoms with Crippen LogP contribution in [0.5, 0.6) is 0 Å². The molecule has 0 atom stereocenters. The molecule has 4 nitrogen and oxygen atoms in total. The van der Waals surface area contributed by atoms with Crippen LogP contribution in [0.1, 0.15) is 105 Å². The smallest absolute Gasteiger partial charge is 0.164 e. The number of aliphatic hydroxyl groups is 1. The van der Waals surface area contributed by atoms with E-state index in [0.717, 1.165) is 64.6 Å². The number of ketones is 1. The minimum atomic E-state index is -0.337. The number of carbonyl (C=O) groups excluding carboxylic acids is 1. The standard InChI is InChI=1S/C31H26NOS.C15H28O2.Ir/c1-18-23-14-15-32-27(21-16-20-10-6-7-12-24(20)25(17-21)31(3,4)5)29(23)33-28(18)30-19(2)22-11-8-9-13-26(22)34-30;1-7-14(5,8-2)12(16)11-13(17)15(6,9-3)10-4;/h6-15,17H,1-5H3;11,16H,7-10H2,1-6H3;/q-1;;/b;12-11-;. The Labute approximate surface area is 328 Å². The summed E-state index contributed by atoms with van der Waals surface area (Å²) in [5, 5.41) is 14.9. The van der Waals surface area contributed by atoms with E-state index < -0.39 is 0 Å². The molecule has 0 aliphatic heterocycles. The van der Waals surface area contributed by atoms with Crippen molar-refractivity contribution in [2.24, 2.45) is 10.8 Å². The Bertz CT molecular complexity index is 2220. The zero-order chi connectivity index (χ0) is 37.3. The van der Waals surface area contributed by atoms with E-state index in [2.05, 4.69) is 101 Å². The number of allylic oxidation sites excluding steroid dienone is 2. The number of fused-ring (bicyclic) bond motifs is 3. The fourth-order valence-corrected chi connectivity index (χ4v) is 7.86. The van der Waals surface area contributed by atoms with Gasteiger partial charge in [-0.3, -0.25) is 9.78 Å². The van der Waals surface area contributed by atoms with Crippen LogP contribution in [0, 0.1) is 30.7 Å². The monoisotopic (exact) mass is 893 g/mol. The van der Waals surface area contributed by atoms with Gasteiger partial charge < -0.3 is 9.52 Å². The number of carbonyl (C=O) groups is 1. The Hall–Kier alpha value is -3.57. The van der Waals surface area contributed by atoms with E-state index in [-0.39, 0.29) is 47.9 Å². The van der Waals surface area contributed by atoms with Gasteiger partial charge in [0, 0.05) is 64.6 Å². The third-order valence-corrected chi connectivity index (χ3v) is 12.6. The fourth-order valence-electron chi connectivity index (χ4n) is 6.61. The average Bonchev–Trinajstić information content (AvgIpc) is 3.65. The van der Waals surface area contributed by atoms with Crippen molar-refractivity contribution in [3.8, 4) is 21.9 Å². The van der Waals surface area contributed by atoms with E-state index in [9.17, 15) is 9.90 Å². The van der Waals surface area contributed by atoms with Gasteiger partial charge in [0.1, 0.15) is 17.1 Å². The minimum absolute atomic E-state index is 0. The Morgan fingerprint density at radius 1 is 0.827 bits per heavy atom. The molecule has 6 heteroatoms. The second-order valence-electron chi connectivity index (χ2n) is 15.5. The Morgan fingerprint density at radius 3 is 2.02 bits per heavy atom. The molecule has 1 N–H and O–H groups in total. The van der Waals surface area contributed by atoms with E-state index >= 15 is 0 Å². The molecule has 52 heavy (non-hydrogen) atoms. The number of nitrogens with zero attached hydrogens (tertiary/aromatic N) is 1. The van der Waals surface area contributed by atoms with Gasteiger partial charge in [-0.05, 0) is 68.0 Å². The maximum Gasteiger partial charge on any atom is 0.164 e. The Balaban J connectivity index is 0.000000289. The summed E-state index contributed by atoms with van der Waals surface area (Å²) in [5.74, 6) is 1.23. The zero-order valence-corrected chi connectivity index (χ0v) is 35.9. The van der Waals surface area contributed by atoms with Crippen LogP contribution in [-0.2, 0) is 30.3 Å². The summed E-state index contributed by atoms with van der Waals surface area (Å²) >= 11 is 1.79. The molecule has 0 spiro atoms. The minimum Gasteiger partial charge on any atom is -0.512 e. The second kappa shape index (κ2) is 16.2. The van der Waals surface area contributed by atoms with Gasteiger partial charge in [0.05, 0.1) is 4.88 Å². The number of aliphatic hydroxyl groups excluding tert-OH is 1. The molecule has 3 aromatic heterocycles. The first-order chi connectivity index (χ1) is 24.1. The van der Waals surface area contributed by atoms with Crippen LogP contribution < -0.4 is 0 Å². The van der Waals surface area contributed by atoms with Gasteiger partial charge in [-0.15, -0.1) is 40.5 Å². The van der Waals surface area contributed by atoms with Crippen molar-refractivity contribution >= 4 is 48.9 Å². The van der Waals surface area contributed by atoms with Crippen molar-refractivity contribution in [1.82, 2.24) is 4.98 Å². The SMILES string of the molecule is CCC(C)(CC)C(=O)/C=C(\O)C(C)(CC)CC.Cc1c(-c2oc3c(-c4[c-]c5ccccc5c(C(C)(C)C)c4)nccc3c2C)sc2ccccc12.[Ir]. The zero-order valence-electron chi connectivity index (χ0n) is 32.7. The largest absolute Gasteiger partial charge is 0.512 e. The molecule has 0 amide bonds.